The average molecular weight is 362 g/mol. The summed E-state index contributed by atoms with van der Waals surface area (Å²) in [6, 6.07) is 15.0. The minimum Gasteiger partial charge on any atom is -0.467 e. The number of amides is 1. The summed E-state index contributed by atoms with van der Waals surface area (Å²) in [5.74, 6) is 1.50. The summed E-state index contributed by atoms with van der Waals surface area (Å²) in [6.07, 6.45) is 3.14. The predicted octanol–water partition coefficient (Wildman–Crippen LogP) is 3.70. The minimum absolute atomic E-state index is 0.0944. The Bertz CT molecular complexity index is 1050. The van der Waals surface area contributed by atoms with Crippen LogP contribution in [0.3, 0.4) is 0 Å². The van der Waals surface area contributed by atoms with Crippen LogP contribution in [-0.4, -0.2) is 32.6 Å². The van der Waals surface area contributed by atoms with Gasteiger partial charge in [-0.2, -0.15) is 4.98 Å². The molecular formula is C20H18N4O3. The van der Waals surface area contributed by atoms with Gasteiger partial charge in [-0.25, -0.2) is 4.68 Å². The van der Waals surface area contributed by atoms with Gasteiger partial charge in [-0.3, -0.25) is 4.79 Å². The van der Waals surface area contributed by atoms with Crippen LogP contribution < -0.4 is 0 Å². The zero-order chi connectivity index (χ0) is 18.8. The van der Waals surface area contributed by atoms with Gasteiger partial charge < -0.3 is 13.7 Å². The van der Waals surface area contributed by atoms with Crippen LogP contribution in [0, 0.1) is 6.92 Å². The molecule has 0 saturated carbocycles. The van der Waals surface area contributed by atoms with Crippen LogP contribution in [0.15, 0.2) is 69.9 Å². The van der Waals surface area contributed by atoms with Gasteiger partial charge in [0.1, 0.15) is 5.76 Å². The van der Waals surface area contributed by atoms with Crippen LogP contribution in [0.1, 0.15) is 21.9 Å². The summed E-state index contributed by atoms with van der Waals surface area (Å²) < 4.78 is 12.4. The summed E-state index contributed by atoms with van der Waals surface area (Å²) in [7, 11) is 1.69. The Kier molecular flexibility index (Phi) is 4.33. The Labute approximate surface area is 155 Å². The molecule has 0 radical (unpaired) electrons. The monoisotopic (exact) mass is 362 g/mol. The summed E-state index contributed by atoms with van der Waals surface area (Å²) in [4.78, 5) is 18.8. The summed E-state index contributed by atoms with van der Waals surface area (Å²) in [5.41, 5.74) is 1.89. The number of rotatable bonds is 5. The summed E-state index contributed by atoms with van der Waals surface area (Å²) in [6.45, 7) is 2.33. The van der Waals surface area contributed by atoms with Crippen molar-refractivity contribution in [2.75, 3.05) is 7.05 Å². The fourth-order valence-electron chi connectivity index (χ4n) is 2.79. The van der Waals surface area contributed by atoms with E-state index in [1.54, 1.807) is 42.5 Å². The zero-order valence-corrected chi connectivity index (χ0v) is 15.0. The largest absolute Gasteiger partial charge is 0.467 e. The normalized spacial score (nSPS) is 10.9. The molecule has 0 fully saturated rings. The number of hydrogen-bond acceptors (Lipinski definition) is 5. The van der Waals surface area contributed by atoms with Gasteiger partial charge in [0.2, 0.25) is 5.82 Å². The smallest absolute Gasteiger partial charge is 0.293 e. The van der Waals surface area contributed by atoms with E-state index in [1.165, 1.54) is 4.90 Å². The maximum Gasteiger partial charge on any atom is 0.293 e. The number of nitrogens with zero attached hydrogens (tertiary/aromatic N) is 4. The molecule has 0 unspecified atom stereocenters. The number of hydrogen-bond donors (Lipinski definition) is 0. The van der Waals surface area contributed by atoms with E-state index in [0.29, 0.717) is 23.9 Å². The molecule has 7 heteroatoms. The first-order valence-corrected chi connectivity index (χ1v) is 8.47. The third-order valence-electron chi connectivity index (χ3n) is 4.11. The molecule has 0 aliphatic rings. The lowest BCUT2D eigenvalue weighted by atomic mass is 10.2. The van der Waals surface area contributed by atoms with E-state index in [2.05, 4.69) is 10.1 Å². The maximum absolute atomic E-state index is 12.8. The van der Waals surface area contributed by atoms with Crippen molar-refractivity contribution in [3.8, 4) is 17.3 Å². The summed E-state index contributed by atoms with van der Waals surface area (Å²) >= 11 is 0. The van der Waals surface area contributed by atoms with Crippen LogP contribution in [0.25, 0.3) is 17.3 Å². The molecule has 4 aromatic rings. The first-order valence-electron chi connectivity index (χ1n) is 8.47. The Hall–Kier alpha value is -3.61. The molecule has 136 valence electrons. The lowest BCUT2D eigenvalue weighted by Crippen LogP contribution is -2.27. The van der Waals surface area contributed by atoms with E-state index < -0.39 is 0 Å². The van der Waals surface area contributed by atoms with Gasteiger partial charge in [-0.05, 0) is 48.9 Å². The fourth-order valence-corrected chi connectivity index (χ4v) is 2.79. The third kappa shape index (κ3) is 3.39. The first kappa shape index (κ1) is 16.8. The van der Waals surface area contributed by atoms with E-state index >= 15 is 0 Å². The first-order chi connectivity index (χ1) is 13.1. The van der Waals surface area contributed by atoms with E-state index in [4.69, 9.17) is 8.83 Å². The number of aryl methyl sites for hydroxylation is 1. The molecule has 0 bridgehead atoms. The van der Waals surface area contributed by atoms with Crippen molar-refractivity contribution >= 4 is 5.91 Å². The molecule has 0 aliphatic heterocycles. The molecule has 3 aromatic heterocycles. The van der Waals surface area contributed by atoms with Gasteiger partial charge in [0.25, 0.3) is 5.91 Å². The molecule has 7 nitrogen and oxygen atoms in total. The van der Waals surface area contributed by atoms with Crippen LogP contribution in [0.2, 0.25) is 0 Å². The second-order valence-corrected chi connectivity index (χ2v) is 6.23. The highest BCUT2D eigenvalue weighted by Gasteiger charge is 2.23. The standard InChI is InChI=1S/C20H18N4O3/c1-14-6-3-7-15(12-14)24-19(17-9-5-11-27-17)21-18(22-24)20(25)23(2)13-16-8-4-10-26-16/h3-12H,13H2,1-2H3. The summed E-state index contributed by atoms with van der Waals surface area (Å²) in [5, 5.41) is 4.45. The third-order valence-corrected chi connectivity index (χ3v) is 4.11. The Morgan fingerprint density at radius 1 is 1.11 bits per heavy atom. The molecule has 3 heterocycles. The van der Waals surface area contributed by atoms with Crippen molar-refractivity contribution in [1.29, 1.82) is 0 Å². The zero-order valence-electron chi connectivity index (χ0n) is 15.0. The van der Waals surface area contributed by atoms with Crippen LogP contribution in [0.4, 0.5) is 0 Å². The molecule has 1 amide bonds. The molecule has 4 rings (SSSR count). The Morgan fingerprint density at radius 2 is 1.93 bits per heavy atom. The number of furan rings is 2. The van der Waals surface area contributed by atoms with Crippen LogP contribution in [0.5, 0.6) is 0 Å². The van der Waals surface area contributed by atoms with Gasteiger partial charge in [0.15, 0.2) is 11.6 Å². The average Bonchev–Trinajstić information content (AvgIpc) is 3.41. The van der Waals surface area contributed by atoms with E-state index in [9.17, 15) is 4.79 Å². The number of aromatic nitrogens is 3. The van der Waals surface area contributed by atoms with Crippen molar-refractivity contribution < 1.29 is 13.6 Å². The SMILES string of the molecule is Cc1cccc(-n2nc(C(=O)N(C)Cc3ccco3)nc2-c2ccco2)c1. The lowest BCUT2D eigenvalue weighted by molar-refractivity contribution is 0.0763. The number of carbonyl (C=O) groups is 1. The molecule has 0 saturated heterocycles. The van der Waals surface area contributed by atoms with Crippen molar-refractivity contribution in [2.24, 2.45) is 0 Å². The van der Waals surface area contributed by atoms with Crippen LogP contribution in [-0.2, 0) is 6.54 Å². The minimum atomic E-state index is -0.300. The highest BCUT2D eigenvalue weighted by molar-refractivity contribution is 5.90. The second kappa shape index (κ2) is 6.95. The number of carbonyl (C=O) groups excluding carboxylic acids is 1. The van der Waals surface area contributed by atoms with Crippen molar-refractivity contribution in [1.82, 2.24) is 19.7 Å². The van der Waals surface area contributed by atoms with E-state index in [1.807, 2.05) is 37.3 Å². The molecule has 0 spiro atoms. The molecule has 0 atom stereocenters. The molecule has 0 aliphatic carbocycles. The van der Waals surface area contributed by atoms with Gasteiger partial charge >= 0.3 is 0 Å². The lowest BCUT2D eigenvalue weighted by Gasteiger charge is -2.13. The number of benzene rings is 1. The van der Waals surface area contributed by atoms with Crippen molar-refractivity contribution in [3.05, 3.63) is 78.2 Å². The molecular weight excluding hydrogens is 344 g/mol. The highest BCUT2D eigenvalue weighted by atomic mass is 16.3. The van der Waals surface area contributed by atoms with Gasteiger partial charge in [0.05, 0.1) is 24.8 Å². The van der Waals surface area contributed by atoms with Crippen LogP contribution >= 0.6 is 0 Å². The van der Waals surface area contributed by atoms with Crippen molar-refractivity contribution in [2.45, 2.75) is 13.5 Å². The Morgan fingerprint density at radius 3 is 2.63 bits per heavy atom. The molecule has 0 N–H and O–H groups in total. The van der Waals surface area contributed by atoms with Gasteiger partial charge in [-0.15, -0.1) is 5.10 Å². The Balaban J connectivity index is 1.72. The second-order valence-electron chi connectivity index (χ2n) is 6.23. The van der Waals surface area contributed by atoms with Gasteiger partial charge in [-0.1, -0.05) is 12.1 Å². The van der Waals surface area contributed by atoms with E-state index in [0.717, 1.165) is 11.3 Å². The van der Waals surface area contributed by atoms with Gasteiger partial charge in [0, 0.05) is 7.05 Å². The topological polar surface area (TPSA) is 77.3 Å². The molecule has 1 aromatic carbocycles. The van der Waals surface area contributed by atoms with E-state index in [-0.39, 0.29) is 11.7 Å². The highest BCUT2D eigenvalue weighted by Crippen LogP contribution is 2.22. The quantitative estimate of drug-likeness (QED) is 0.541. The fraction of sp³-hybridized carbons (Fsp3) is 0.150. The maximum atomic E-state index is 12.8. The van der Waals surface area contributed by atoms with Crippen molar-refractivity contribution in [3.63, 3.8) is 0 Å². The predicted molar refractivity (Wildman–Crippen MR) is 98.3 cm³/mol. The molecule has 27 heavy (non-hydrogen) atoms.